The lowest BCUT2D eigenvalue weighted by Gasteiger charge is -2.20. The van der Waals surface area contributed by atoms with Crippen LogP contribution in [0.1, 0.15) is 30.3 Å². The molecular formula is C12H19N3O3S. The molecule has 1 atom stereocenters. The fourth-order valence-corrected chi connectivity index (χ4v) is 2.40. The van der Waals surface area contributed by atoms with Gasteiger partial charge in [0.15, 0.2) is 0 Å². The van der Waals surface area contributed by atoms with Gasteiger partial charge in [0.2, 0.25) is 0 Å². The van der Waals surface area contributed by atoms with Gasteiger partial charge in [0.1, 0.15) is 6.04 Å². The van der Waals surface area contributed by atoms with E-state index in [1.165, 1.54) is 16.2 Å². The molecule has 1 rings (SSSR count). The van der Waals surface area contributed by atoms with Crippen molar-refractivity contribution in [1.29, 1.82) is 0 Å². The third kappa shape index (κ3) is 4.51. The van der Waals surface area contributed by atoms with Gasteiger partial charge in [-0.2, -0.15) is 0 Å². The van der Waals surface area contributed by atoms with Crippen molar-refractivity contribution < 1.29 is 14.7 Å². The van der Waals surface area contributed by atoms with Gasteiger partial charge in [0.25, 0.3) is 0 Å². The Hall–Kier alpha value is -1.63. The predicted octanol–water partition coefficient (Wildman–Crippen LogP) is 1.85. The number of hydrogen-bond donors (Lipinski definition) is 2. The van der Waals surface area contributed by atoms with Crippen molar-refractivity contribution in [3.63, 3.8) is 0 Å². The Morgan fingerprint density at radius 3 is 2.74 bits per heavy atom. The average Bonchev–Trinajstić information content (AvgIpc) is 2.74. The number of carboxylic acids is 1. The molecule has 0 unspecified atom stereocenters. The molecule has 1 heterocycles. The molecule has 0 aliphatic heterocycles. The van der Waals surface area contributed by atoms with Gasteiger partial charge in [-0.05, 0) is 13.3 Å². The number of urea groups is 1. The highest BCUT2D eigenvalue weighted by atomic mass is 32.1. The van der Waals surface area contributed by atoms with Crippen LogP contribution in [0.15, 0.2) is 5.51 Å². The van der Waals surface area contributed by atoms with E-state index in [9.17, 15) is 9.59 Å². The smallest absolute Gasteiger partial charge is 0.326 e. The zero-order chi connectivity index (χ0) is 14.4. The van der Waals surface area contributed by atoms with E-state index in [1.54, 1.807) is 12.6 Å². The molecule has 2 amide bonds. The van der Waals surface area contributed by atoms with Crippen LogP contribution in [0.25, 0.3) is 0 Å². The van der Waals surface area contributed by atoms with Gasteiger partial charge >= 0.3 is 12.0 Å². The Kier molecular flexibility index (Phi) is 5.75. The van der Waals surface area contributed by atoms with Crippen LogP contribution < -0.4 is 5.32 Å². The molecule has 0 fully saturated rings. The van der Waals surface area contributed by atoms with E-state index in [4.69, 9.17) is 5.11 Å². The van der Waals surface area contributed by atoms with Gasteiger partial charge in [-0.1, -0.05) is 13.3 Å². The number of amides is 2. The number of carbonyl (C=O) groups excluding carboxylic acids is 1. The minimum atomic E-state index is -1.00. The van der Waals surface area contributed by atoms with E-state index < -0.39 is 12.0 Å². The number of thiazole rings is 1. The second-order valence-corrected chi connectivity index (χ2v) is 5.29. The van der Waals surface area contributed by atoms with E-state index in [2.05, 4.69) is 10.3 Å². The van der Waals surface area contributed by atoms with Crippen LogP contribution in [0.4, 0.5) is 4.79 Å². The molecule has 0 saturated carbocycles. The molecule has 0 aliphatic rings. The zero-order valence-corrected chi connectivity index (χ0v) is 12.2. The normalized spacial score (nSPS) is 11.9. The molecule has 19 heavy (non-hydrogen) atoms. The summed E-state index contributed by atoms with van der Waals surface area (Å²) in [6, 6.07) is -1.21. The van der Waals surface area contributed by atoms with Crippen LogP contribution in [0.2, 0.25) is 0 Å². The summed E-state index contributed by atoms with van der Waals surface area (Å²) in [7, 11) is 1.64. The molecule has 1 aromatic heterocycles. The number of nitrogens with zero attached hydrogens (tertiary/aromatic N) is 2. The summed E-state index contributed by atoms with van der Waals surface area (Å²) >= 11 is 1.48. The first-order valence-corrected chi connectivity index (χ1v) is 6.97. The summed E-state index contributed by atoms with van der Waals surface area (Å²) in [5.41, 5.74) is 2.63. The summed E-state index contributed by atoms with van der Waals surface area (Å²) in [5.74, 6) is -1.00. The van der Waals surface area contributed by atoms with Crippen molar-refractivity contribution in [2.24, 2.45) is 0 Å². The second kappa shape index (κ2) is 7.08. The first kappa shape index (κ1) is 15.4. The number of nitrogens with one attached hydrogen (secondary N) is 1. The van der Waals surface area contributed by atoms with Crippen molar-refractivity contribution in [3.05, 3.63) is 16.1 Å². The molecule has 2 N–H and O–H groups in total. The van der Waals surface area contributed by atoms with E-state index in [0.717, 1.165) is 10.6 Å². The summed E-state index contributed by atoms with van der Waals surface area (Å²) in [6.07, 6.45) is 1.13. The lowest BCUT2D eigenvalue weighted by Crippen LogP contribution is -2.46. The SMILES string of the molecule is CCC[C@H](NC(=O)N(C)Cc1scnc1C)C(=O)O. The topological polar surface area (TPSA) is 82.5 Å². The minimum Gasteiger partial charge on any atom is -0.480 e. The fourth-order valence-electron chi connectivity index (χ4n) is 1.57. The first-order chi connectivity index (χ1) is 8.95. The van der Waals surface area contributed by atoms with Crippen molar-refractivity contribution in [3.8, 4) is 0 Å². The Labute approximate surface area is 116 Å². The Morgan fingerprint density at radius 2 is 2.26 bits per heavy atom. The van der Waals surface area contributed by atoms with Crippen molar-refractivity contribution in [1.82, 2.24) is 15.2 Å². The highest BCUT2D eigenvalue weighted by Crippen LogP contribution is 2.14. The highest BCUT2D eigenvalue weighted by molar-refractivity contribution is 7.09. The Balaban J connectivity index is 2.57. The van der Waals surface area contributed by atoms with Gasteiger partial charge in [-0.3, -0.25) is 0 Å². The van der Waals surface area contributed by atoms with E-state index in [1.807, 2.05) is 13.8 Å². The number of carbonyl (C=O) groups is 2. The number of hydrogen-bond acceptors (Lipinski definition) is 4. The summed E-state index contributed by atoms with van der Waals surface area (Å²) in [6.45, 7) is 4.20. The quantitative estimate of drug-likeness (QED) is 0.835. The molecule has 0 aromatic carbocycles. The Bertz CT molecular complexity index is 447. The number of carboxylic acid groups (broad SMARTS) is 1. The van der Waals surface area contributed by atoms with E-state index >= 15 is 0 Å². The fraction of sp³-hybridized carbons (Fsp3) is 0.583. The summed E-state index contributed by atoms with van der Waals surface area (Å²) in [5, 5.41) is 11.5. The van der Waals surface area contributed by atoms with Gasteiger partial charge in [0, 0.05) is 11.9 Å². The molecule has 0 aliphatic carbocycles. The first-order valence-electron chi connectivity index (χ1n) is 6.09. The summed E-state index contributed by atoms with van der Waals surface area (Å²) < 4.78 is 0. The molecule has 7 heteroatoms. The number of aromatic nitrogens is 1. The Morgan fingerprint density at radius 1 is 1.58 bits per heavy atom. The maximum Gasteiger partial charge on any atom is 0.326 e. The molecule has 0 bridgehead atoms. The maximum absolute atomic E-state index is 11.9. The minimum absolute atomic E-state index is 0.381. The van der Waals surface area contributed by atoms with Gasteiger partial charge in [-0.15, -0.1) is 11.3 Å². The lowest BCUT2D eigenvalue weighted by molar-refractivity contribution is -0.139. The lowest BCUT2D eigenvalue weighted by atomic mass is 10.2. The monoisotopic (exact) mass is 285 g/mol. The highest BCUT2D eigenvalue weighted by Gasteiger charge is 2.21. The predicted molar refractivity (Wildman–Crippen MR) is 73.2 cm³/mol. The third-order valence-corrected chi connectivity index (χ3v) is 3.67. The summed E-state index contributed by atoms with van der Waals surface area (Å²) in [4.78, 5) is 29.5. The molecule has 0 spiro atoms. The van der Waals surface area contributed by atoms with Crippen LogP contribution in [-0.4, -0.2) is 40.1 Å². The van der Waals surface area contributed by atoms with E-state index in [-0.39, 0.29) is 6.03 Å². The number of aryl methyl sites for hydroxylation is 1. The molecule has 0 radical (unpaired) electrons. The van der Waals surface area contributed by atoms with Gasteiger partial charge in [-0.25, -0.2) is 14.6 Å². The van der Waals surface area contributed by atoms with Crippen LogP contribution in [-0.2, 0) is 11.3 Å². The van der Waals surface area contributed by atoms with Gasteiger partial charge < -0.3 is 15.3 Å². The standard InChI is InChI=1S/C12H19N3O3S/c1-4-5-9(11(16)17)14-12(18)15(3)6-10-8(2)13-7-19-10/h7,9H,4-6H2,1-3H3,(H,14,18)(H,16,17)/t9-/m0/s1. The van der Waals surface area contributed by atoms with Crippen LogP contribution in [0, 0.1) is 6.92 Å². The average molecular weight is 285 g/mol. The number of rotatable bonds is 6. The van der Waals surface area contributed by atoms with Crippen molar-refractivity contribution >= 4 is 23.3 Å². The van der Waals surface area contributed by atoms with Gasteiger partial charge in [0.05, 0.1) is 17.7 Å². The second-order valence-electron chi connectivity index (χ2n) is 4.35. The maximum atomic E-state index is 11.9. The number of aliphatic carboxylic acids is 1. The third-order valence-electron chi connectivity index (χ3n) is 2.75. The zero-order valence-electron chi connectivity index (χ0n) is 11.3. The largest absolute Gasteiger partial charge is 0.480 e. The van der Waals surface area contributed by atoms with Crippen molar-refractivity contribution in [2.45, 2.75) is 39.3 Å². The molecule has 106 valence electrons. The molecule has 0 saturated heterocycles. The molecule has 6 nitrogen and oxygen atoms in total. The van der Waals surface area contributed by atoms with Crippen LogP contribution in [0.5, 0.6) is 0 Å². The van der Waals surface area contributed by atoms with E-state index in [0.29, 0.717) is 19.4 Å². The van der Waals surface area contributed by atoms with Crippen LogP contribution in [0.3, 0.4) is 0 Å². The molecular weight excluding hydrogens is 266 g/mol. The molecule has 1 aromatic rings. The van der Waals surface area contributed by atoms with Crippen molar-refractivity contribution in [2.75, 3.05) is 7.05 Å². The van der Waals surface area contributed by atoms with Crippen LogP contribution >= 0.6 is 11.3 Å².